The molecule has 5 heteroatoms. The molecule has 0 saturated heterocycles. The highest BCUT2D eigenvalue weighted by molar-refractivity contribution is 7.99. The number of hydrogen-bond donors (Lipinski definition) is 0. The second-order valence-electron chi connectivity index (χ2n) is 6.15. The zero-order chi connectivity index (χ0) is 16.5. The summed E-state index contributed by atoms with van der Waals surface area (Å²) >= 11 is 1.73. The topological polar surface area (TPSA) is 43.1 Å². The van der Waals surface area contributed by atoms with Crippen molar-refractivity contribution in [3.05, 3.63) is 54.6 Å². The van der Waals surface area contributed by atoms with Gasteiger partial charge in [0.2, 0.25) is 0 Å². The van der Waals surface area contributed by atoms with E-state index in [1.807, 2.05) is 53.0 Å². The van der Waals surface area contributed by atoms with Crippen LogP contribution in [0, 0.1) is 5.92 Å². The summed E-state index contributed by atoms with van der Waals surface area (Å²) in [6.07, 6.45) is 0. The predicted octanol–water partition coefficient (Wildman–Crippen LogP) is 4.69. The molecule has 120 valence electrons. The smallest absolute Gasteiger partial charge is 0.191 e. The maximum Gasteiger partial charge on any atom is 0.191 e. The number of thioether (sulfide) groups is 1. The number of hydrogen-bond acceptors (Lipinski definition) is 4. The zero-order valence-electron chi connectivity index (χ0n) is 13.7. The molecule has 0 bridgehead atoms. The molecule has 0 aliphatic carbocycles. The standard InChI is InChI=1S/C19H18N4S/c1-13(2)12-24-19-20-16-11-7-6-10-15(16)18-21-17(22-23(18)19)14-8-4-3-5-9-14/h3-11,13H,12H2,1-2H3. The summed E-state index contributed by atoms with van der Waals surface area (Å²) in [4.78, 5) is 9.60. The van der Waals surface area contributed by atoms with Crippen LogP contribution in [0.15, 0.2) is 59.8 Å². The Balaban J connectivity index is 1.94. The van der Waals surface area contributed by atoms with Gasteiger partial charge in [0.15, 0.2) is 16.6 Å². The first-order valence-corrected chi connectivity index (χ1v) is 9.04. The molecule has 2 heterocycles. The van der Waals surface area contributed by atoms with Crippen molar-refractivity contribution in [2.75, 3.05) is 5.75 Å². The highest BCUT2D eigenvalue weighted by Crippen LogP contribution is 2.27. The van der Waals surface area contributed by atoms with Crippen molar-refractivity contribution in [3.63, 3.8) is 0 Å². The van der Waals surface area contributed by atoms with Gasteiger partial charge in [0.25, 0.3) is 0 Å². The molecular weight excluding hydrogens is 316 g/mol. The van der Waals surface area contributed by atoms with E-state index in [1.165, 1.54) is 0 Å². The molecule has 4 nitrogen and oxygen atoms in total. The van der Waals surface area contributed by atoms with Crippen LogP contribution in [-0.2, 0) is 0 Å². The van der Waals surface area contributed by atoms with Gasteiger partial charge in [-0.05, 0) is 18.1 Å². The second kappa shape index (κ2) is 6.24. The molecule has 0 aliphatic rings. The lowest BCUT2D eigenvalue weighted by Gasteiger charge is -2.07. The SMILES string of the molecule is CC(C)CSc1nc2ccccc2c2nc(-c3ccccc3)nn12. The van der Waals surface area contributed by atoms with Crippen LogP contribution in [-0.4, -0.2) is 25.3 Å². The van der Waals surface area contributed by atoms with E-state index < -0.39 is 0 Å². The number of nitrogens with zero attached hydrogens (tertiary/aromatic N) is 4. The highest BCUT2D eigenvalue weighted by Gasteiger charge is 2.14. The van der Waals surface area contributed by atoms with Crippen LogP contribution in [0.1, 0.15) is 13.8 Å². The summed E-state index contributed by atoms with van der Waals surface area (Å²) in [6.45, 7) is 4.42. The number of aromatic nitrogens is 4. The van der Waals surface area contributed by atoms with Gasteiger partial charge < -0.3 is 0 Å². The van der Waals surface area contributed by atoms with Gasteiger partial charge in [0.1, 0.15) is 0 Å². The first-order chi connectivity index (χ1) is 11.7. The van der Waals surface area contributed by atoms with Crippen LogP contribution in [0.5, 0.6) is 0 Å². The molecule has 0 aliphatic heterocycles. The summed E-state index contributed by atoms with van der Waals surface area (Å²) in [5.41, 5.74) is 2.85. The molecule has 0 fully saturated rings. The van der Waals surface area contributed by atoms with Crippen molar-refractivity contribution in [2.45, 2.75) is 19.0 Å². The van der Waals surface area contributed by atoms with Crippen LogP contribution in [0.25, 0.3) is 27.9 Å². The summed E-state index contributed by atoms with van der Waals surface area (Å²) in [7, 11) is 0. The van der Waals surface area contributed by atoms with Crippen LogP contribution >= 0.6 is 11.8 Å². The van der Waals surface area contributed by atoms with Gasteiger partial charge in [-0.3, -0.25) is 0 Å². The second-order valence-corrected chi connectivity index (χ2v) is 7.14. The Labute approximate surface area is 144 Å². The Morgan fingerprint density at radius 2 is 1.71 bits per heavy atom. The Kier molecular flexibility index (Phi) is 3.94. The molecule has 0 spiro atoms. The molecule has 4 rings (SSSR count). The Hall–Kier alpha value is -2.40. The van der Waals surface area contributed by atoms with E-state index in [1.54, 1.807) is 11.8 Å². The molecular formula is C19H18N4S. The fourth-order valence-electron chi connectivity index (χ4n) is 2.57. The summed E-state index contributed by atoms with van der Waals surface area (Å²) in [5, 5.41) is 6.66. The largest absolute Gasteiger partial charge is 0.222 e. The molecule has 0 atom stereocenters. The fraction of sp³-hybridized carbons (Fsp3) is 0.211. The van der Waals surface area contributed by atoms with Crippen LogP contribution in [0.4, 0.5) is 0 Å². The molecule has 2 aromatic carbocycles. The third-order valence-electron chi connectivity index (χ3n) is 3.73. The Morgan fingerprint density at radius 1 is 0.958 bits per heavy atom. The van der Waals surface area contributed by atoms with Gasteiger partial charge in [-0.1, -0.05) is 68.1 Å². The maximum absolute atomic E-state index is 4.81. The fourth-order valence-corrected chi connectivity index (χ4v) is 3.47. The van der Waals surface area contributed by atoms with E-state index in [0.717, 1.165) is 38.8 Å². The van der Waals surface area contributed by atoms with Gasteiger partial charge in [-0.25, -0.2) is 9.97 Å². The van der Waals surface area contributed by atoms with E-state index in [2.05, 4.69) is 19.9 Å². The number of benzene rings is 2. The number of rotatable bonds is 4. The van der Waals surface area contributed by atoms with Crippen molar-refractivity contribution >= 4 is 28.3 Å². The van der Waals surface area contributed by atoms with Crippen molar-refractivity contribution in [3.8, 4) is 11.4 Å². The molecule has 4 aromatic rings. The first-order valence-electron chi connectivity index (χ1n) is 8.06. The average Bonchev–Trinajstić information content (AvgIpc) is 3.06. The maximum atomic E-state index is 4.81. The number of fused-ring (bicyclic) bond motifs is 3. The molecule has 0 saturated carbocycles. The quantitative estimate of drug-likeness (QED) is 0.401. The normalized spacial score (nSPS) is 11.6. The van der Waals surface area contributed by atoms with Crippen molar-refractivity contribution in [1.82, 2.24) is 19.6 Å². The lowest BCUT2D eigenvalue weighted by Crippen LogP contribution is -2.00. The van der Waals surface area contributed by atoms with E-state index in [9.17, 15) is 0 Å². The van der Waals surface area contributed by atoms with Gasteiger partial charge >= 0.3 is 0 Å². The van der Waals surface area contributed by atoms with Crippen molar-refractivity contribution in [1.29, 1.82) is 0 Å². The third kappa shape index (κ3) is 2.76. The predicted molar refractivity (Wildman–Crippen MR) is 99.3 cm³/mol. The molecule has 0 unspecified atom stereocenters. The number of para-hydroxylation sites is 1. The third-order valence-corrected chi connectivity index (χ3v) is 5.08. The minimum atomic E-state index is 0.593. The minimum absolute atomic E-state index is 0.593. The summed E-state index contributed by atoms with van der Waals surface area (Å²) in [5.74, 6) is 2.33. The van der Waals surface area contributed by atoms with E-state index in [0.29, 0.717) is 5.92 Å². The molecule has 2 aromatic heterocycles. The minimum Gasteiger partial charge on any atom is -0.222 e. The Bertz CT molecular complexity index is 992. The lowest BCUT2D eigenvalue weighted by atomic mass is 10.2. The molecule has 24 heavy (non-hydrogen) atoms. The first kappa shape index (κ1) is 15.1. The lowest BCUT2D eigenvalue weighted by molar-refractivity contribution is 0.742. The van der Waals surface area contributed by atoms with Crippen LogP contribution in [0.3, 0.4) is 0 Å². The Morgan fingerprint density at radius 3 is 2.50 bits per heavy atom. The molecule has 0 N–H and O–H groups in total. The van der Waals surface area contributed by atoms with Crippen LogP contribution in [0.2, 0.25) is 0 Å². The monoisotopic (exact) mass is 334 g/mol. The van der Waals surface area contributed by atoms with Gasteiger partial charge in [-0.15, -0.1) is 5.10 Å². The van der Waals surface area contributed by atoms with Crippen molar-refractivity contribution in [2.24, 2.45) is 5.92 Å². The van der Waals surface area contributed by atoms with Gasteiger partial charge in [0, 0.05) is 16.7 Å². The summed E-state index contributed by atoms with van der Waals surface area (Å²) < 4.78 is 1.89. The summed E-state index contributed by atoms with van der Waals surface area (Å²) in [6, 6.07) is 18.2. The van der Waals surface area contributed by atoms with Crippen molar-refractivity contribution < 1.29 is 0 Å². The van der Waals surface area contributed by atoms with E-state index in [-0.39, 0.29) is 0 Å². The van der Waals surface area contributed by atoms with E-state index >= 15 is 0 Å². The van der Waals surface area contributed by atoms with Gasteiger partial charge in [0.05, 0.1) is 5.52 Å². The average molecular weight is 334 g/mol. The van der Waals surface area contributed by atoms with Gasteiger partial charge in [-0.2, -0.15) is 4.52 Å². The zero-order valence-corrected chi connectivity index (χ0v) is 14.5. The molecule has 0 radical (unpaired) electrons. The van der Waals surface area contributed by atoms with E-state index in [4.69, 9.17) is 15.1 Å². The highest BCUT2D eigenvalue weighted by atomic mass is 32.2. The van der Waals surface area contributed by atoms with Crippen LogP contribution < -0.4 is 0 Å². The molecule has 0 amide bonds.